The molecule has 0 aliphatic rings. The summed E-state index contributed by atoms with van der Waals surface area (Å²) in [5.41, 5.74) is 0.757. The molecule has 0 aliphatic heterocycles. The molecule has 0 fully saturated rings. The Kier molecular flexibility index (Phi) is 3.79. The molecule has 1 N–H and O–H groups in total. The van der Waals surface area contributed by atoms with Crippen LogP contribution in [0.15, 0.2) is 42.6 Å². The number of hydrogen-bond donors (Lipinski definition) is 1. The molecule has 0 aliphatic carbocycles. The van der Waals surface area contributed by atoms with Crippen LogP contribution >= 0.6 is 0 Å². The fourth-order valence-corrected chi connectivity index (χ4v) is 1.48. The Balaban J connectivity index is 2.13. The molecule has 4 nitrogen and oxygen atoms in total. The Morgan fingerprint density at radius 3 is 2.56 bits per heavy atom. The van der Waals surface area contributed by atoms with Crippen LogP contribution in [0.2, 0.25) is 0 Å². The van der Waals surface area contributed by atoms with Gasteiger partial charge in [0.1, 0.15) is 11.5 Å². The normalized spacial score (nSPS) is 11.9. The van der Waals surface area contributed by atoms with Crippen molar-refractivity contribution >= 4 is 0 Å². The molecule has 0 spiro atoms. The fourth-order valence-electron chi connectivity index (χ4n) is 1.48. The second kappa shape index (κ2) is 5.51. The zero-order valence-corrected chi connectivity index (χ0v) is 10.3. The summed E-state index contributed by atoms with van der Waals surface area (Å²) >= 11 is 0. The van der Waals surface area contributed by atoms with Gasteiger partial charge >= 0.3 is 0 Å². The molecule has 18 heavy (non-hydrogen) atoms. The van der Waals surface area contributed by atoms with Crippen molar-refractivity contribution in [2.75, 3.05) is 7.11 Å². The lowest BCUT2D eigenvalue weighted by atomic mass is 10.2. The minimum absolute atomic E-state index is 0.479. The summed E-state index contributed by atoms with van der Waals surface area (Å²) in [6, 6.07) is 10.8. The number of pyridine rings is 1. The van der Waals surface area contributed by atoms with Crippen molar-refractivity contribution in [1.82, 2.24) is 4.98 Å². The van der Waals surface area contributed by atoms with Crippen molar-refractivity contribution in [2.45, 2.75) is 13.0 Å². The molecule has 0 saturated heterocycles. The van der Waals surface area contributed by atoms with Crippen LogP contribution in [0.4, 0.5) is 0 Å². The summed E-state index contributed by atoms with van der Waals surface area (Å²) in [5.74, 6) is 1.87. The zero-order valence-electron chi connectivity index (χ0n) is 10.3. The molecule has 0 amide bonds. The Labute approximate surface area is 106 Å². The molecule has 94 valence electrons. The first kappa shape index (κ1) is 12.4. The maximum absolute atomic E-state index is 9.38. The first-order chi connectivity index (χ1) is 8.69. The molecule has 1 atom stereocenters. The van der Waals surface area contributed by atoms with E-state index in [-0.39, 0.29) is 0 Å². The predicted octanol–water partition coefficient (Wildman–Crippen LogP) is 2.94. The Morgan fingerprint density at radius 1 is 1.17 bits per heavy atom. The van der Waals surface area contributed by atoms with Crippen LogP contribution in [0.3, 0.4) is 0 Å². The Hall–Kier alpha value is -2.07. The third-order valence-electron chi connectivity index (χ3n) is 2.51. The van der Waals surface area contributed by atoms with Crippen LogP contribution in [0.1, 0.15) is 18.6 Å². The number of benzene rings is 1. The number of hydrogen-bond acceptors (Lipinski definition) is 4. The van der Waals surface area contributed by atoms with Gasteiger partial charge in [0, 0.05) is 18.3 Å². The number of aliphatic hydroxyl groups excluding tert-OH is 1. The van der Waals surface area contributed by atoms with Gasteiger partial charge in [-0.15, -0.1) is 0 Å². The average Bonchev–Trinajstić information content (AvgIpc) is 2.39. The molecule has 2 rings (SSSR count). The average molecular weight is 245 g/mol. The number of nitrogens with zero attached hydrogens (tertiary/aromatic N) is 1. The zero-order chi connectivity index (χ0) is 13.0. The van der Waals surface area contributed by atoms with E-state index in [2.05, 4.69) is 4.98 Å². The summed E-state index contributed by atoms with van der Waals surface area (Å²) in [7, 11) is 1.61. The van der Waals surface area contributed by atoms with Crippen LogP contribution in [-0.2, 0) is 0 Å². The van der Waals surface area contributed by atoms with E-state index in [1.165, 1.54) is 0 Å². The third-order valence-corrected chi connectivity index (χ3v) is 2.51. The van der Waals surface area contributed by atoms with Crippen molar-refractivity contribution in [1.29, 1.82) is 0 Å². The second-order valence-electron chi connectivity index (χ2n) is 3.89. The summed E-state index contributed by atoms with van der Waals surface area (Å²) in [4.78, 5) is 4.13. The van der Waals surface area contributed by atoms with Crippen molar-refractivity contribution < 1.29 is 14.6 Å². The van der Waals surface area contributed by atoms with Crippen LogP contribution in [-0.4, -0.2) is 17.2 Å². The van der Waals surface area contributed by atoms with Gasteiger partial charge in [-0.1, -0.05) is 6.07 Å². The quantitative estimate of drug-likeness (QED) is 0.899. The van der Waals surface area contributed by atoms with Crippen molar-refractivity contribution in [2.24, 2.45) is 0 Å². The summed E-state index contributed by atoms with van der Waals surface area (Å²) in [6.07, 6.45) is 1.07. The smallest absolute Gasteiger partial charge is 0.219 e. The van der Waals surface area contributed by atoms with E-state index < -0.39 is 6.10 Å². The second-order valence-corrected chi connectivity index (χ2v) is 3.89. The Bertz CT molecular complexity index is 509. The molecule has 0 saturated carbocycles. The van der Waals surface area contributed by atoms with E-state index in [4.69, 9.17) is 9.47 Å². The highest BCUT2D eigenvalue weighted by Gasteiger charge is 2.03. The van der Waals surface area contributed by atoms with E-state index in [0.29, 0.717) is 11.6 Å². The van der Waals surface area contributed by atoms with Gasteiger partial charge in [-0.3, -0.25) is 0 Å². The van der Waals surface area contributed by atoms with Gasteiger partial charge in [0.15, 0.2) is 0 Å². The molecule has 0 radical (unpaired) electrons. The van der Waals surface area contributed by atoms with Gasteiger partial charge in [-0.2, -0.15) is 0 Å². The highest BCUT2D eigenvalue weighted by atomic mass is 16.5. The van der Waals surface area contributed by atoms with Gasteiger partial charge in [0.2, 0.25) is 5.88 Å². The van der Waals surface area contributed by atoms with Crippen molar-refractivity contribution in [3.05, 3.63) is 48.2 Å². The van der Waals surface area contributed by atoms with Crippen molar-refractivity contribution in [3.63, 3.8) is 0 Å². The van der Waals surface area contributed by atoms with Gasteiger partial charge in [-0.25, -0.2) is 4.98 Å². The van der Waals surface area contributed by atoms with Gasteiger partial charge < -0.3 is 14.6 Å². The fraction of sp³-hybridized carbons (Fsp3) is 0.214. The maximum Gasteiger partial charge on any atom is 0.219 e. The van der Waals surface area contributed by atoms with E-state index in [1.54, 1.807) is 38.4 Å². The molecule has 1 unspecified atom stereocenters. The topological polar surface area (TPSA) is 51.6 Å². The number of aliphatic hydroxyl groups is 1. The SMILES string of the molecule is COc1cccc(Oc2ccc(C(C)O)cn2)c1. The van der Waals surface area contributed by atoms with Crippen LogP contribution < -0.4 is 9.47 Å². The summed E-state index contributed by atoms with van der Waals surface area (Å²) in [5, 5.41) is 9.38. The highest BCUT2D eigenvalue weighted by molar-refractivity contribution is 5.35. The monoisotopic (exact) mass is 245 g/mol. The highest BCUT2D eigenvalue weighted by Crippen LogP contribution is 2.24. The maximum atomic E-state index is 9.38. The Morgan fingerprint density at radius 2 is 1.94 bits per heavy atom. The van der Waals surface area contributed by atoms with E-state index >= 15 is 0 Å². The minimum atomic E-state index is -0.525. The lowest BCUT2D eigenvalue weighted by Crippen LogP contribution is -1.94. The number of ether oxygens (including phenoxy) is 2. The first-order valence-corrected chi connectivity index (χ1v) is 5.65. The standard InChI is InChI=1S/C14H15NO3/c1-10(16)11-6-7-14(15-9-11)18-13-5-3-4-12(8-13)17-2/h3-10,16H,1-2H3. The molecule has 4 heteroatoms. The van der Waals surface area contributed by atoms with Gasteiger partial charge in [0.05, 0.1) is 13.2 Å². The predicted molar refractivity (Wildman–Crippen MR) is 67.9 cm³/mol. The number of aromatic nitrogens is 1. The molecular weight excluding hydrogens is 230 g/mol. The minimum Gasteiger partial charge on any atom is -0.497 e. The van der Waals surface area contributed by atoms with Crippen LogP contribution in [0, 0.1) is 0 Å². The number of methoxy groups -OCH3 is 1. The lowest BCUT2D eigenvalue weighted by Gasteiger charge is -2.08. The van der Waals surface area contributed by atoms with Crippen LogP contribution in [0.25, 0.3) is 0 Å². The van der Waals surface area contributed by atoms with Crippen molar-refractivity contribution in [3.8, 4) is 17.4 Å². The van der Waals surface area contributed by atoms with E-state index in [1.807, 2.05) is 18.2 Å². The molecule has 1 heterocycles. The lowest BCUT2D eigenvalue weighted by molar-refractivity contribution is 0.198. The van der Waals surface area contributed by atoms with E-state index in [0.717, 1.165) is 11.3 Å². The molecular formula is C14H15NO3. The largest absolute Gasteiger partial charge is 0.497 e. The summed E-state index contributed by atoms with van der Waals surface area (Å²) in [6.45, 7) is 1.69. The van der Waals surface area contributed by atoms with Gasteiger partial charge in [0.25, 0.3) is 0 Å². The third kappa shape index (κ3) is 2.99. The molecule has 1 aromatic heterocycles. The van der Waals surface area contributed by atoms with Gasteiger partial charge in [-0.05, 0) is 30.7 Å². The molecule has 0 bridgehead atoms. The number of rotatable bonds is 4. The first-order valence-electron chi connectivity index (χ1n) is 5.65. The van der Waals surface area contributed by atoms with E-state index in [9.17, 15) is 5.11 Å². The molecule has 1 aromatic carbocycles. The summed E-state index contributed by atoms with van der Waals surface area (Å²) < 4.78 is 10.7. The molecule has 2 aromatic rings. The van der Waals surface area contributed by atoms with Crippen LogP contribution in [0.5, 0.6) is 17.4 Å².